The van der Waals surface area contributed by atoms with E-state index in [9.17, 15) is 16.8 Å². The monoisotopic (exact) mass is 510 g/mol. The van der Waals surface area contributed by atoms with Crippen LogP contribution in [0.25, 0.3) is 0 Å². The zero-order valence-corrected chi connectivity index (χ0v) is 21.4. The van der Waals surface area contributed by atoms with E-state index < -0.39 is 19.9 Å². The first-order valence-corrected chi connectivity index (χ1v) is 14.9. The van der Waals surface area contributed by atoms with E-state index in [0.29, 0.717) is 24.5 Å². The van der Waals surface area contributed by atoms with Gasteiger partial charge >= 0.3 is 0 Å². The van der Waals surface area contributed by atoms with Crippen LogP contribution in [-0.4, -0.2) is 58.5 Å². The molecule has 5 rings (SSSR count). The predicted molar refractivity (Wildman–Crippen MR) is 136 cm³/mol. The van der Waals surface area contributed by atoms with Crippen LogP contribution in [0.5, 0.6) is 0 Å². The standard InChI is InChI=1S/C27H30N2O4S2/c1-28(35(32,33)23-12-6-3-7-13-23)20-25(22-10-4-2-5-11-22)29-18-16-27(17-19-29)21-34(30,31)26-15-9-8-14-24(26)27/h2-15,25H,16-21H2,1H3. The van der Waals surface area contributed by atoms with Gasteiger partial charge in [0.2, 0.25) is 10.0 Å². The van der Waals surface area contributed by atoms with Crippen molar-refractivity contribution in [2.75, 3.05) is 32.4 Å². The molecular weight excluding hydrogens is 480 g/mol. The summed E-state index contributed by atoms with van der Waals surface area (Å²) in [7, 11) is -5.28. The van der Waals surface area contributed by atoms with Crippen molar-refractivity contribution in [2.24, 2.45) is 0 Å². The summed E-state index contributed by atoms with van der Waals surface area (Å²) < 4.78 is 53.6. The third kappa shape index (κ3) is 4.44. The molecule has 1 saturated heterocycles. The van der Waals surface area contributed by atoms with Crippen LogP contribution in [0.1, 0.15) is 30.0 Å². The topological polar surface area (TPSA) is 74.8 Å². The molecule has 2 aliphatic rings. The van der Waals surface area contributed by atoms with E-state index in [1.165, 1.54) is 4.31 Å². The van der Waals surface area contributed by atoms with Gasteiger partial charge in [-0.3, -0.25) is 4.90 Å². The van der Waals surface area contributed by atoms with Crippen LogP contribution in [0, 0.1) is 0 Å². The number of piperidine rings is 1. The Kier molecular flexibility index (Phi) is 6.34. The second-order valence-corrected chi connectivity index (χ2v) is 13.6. The lowest BCUT2D eigenvalue weighted by molar-refractivity contribution is 0.112. The van der Waals surface area contributed by atoms with E-state index in [1.54, 1.807) is 49.5 Å². The average Bonchev–Trinajstić information content (AvgIpc) is 3.10. The largest absolute Gasteiger partial charge is 0.295 e. The third-order valence-corrected chi connectivity index (χ3v) is 11.3. The van der Waals surface area contributed by atoms with E-state index in [-0.39, 0.29) is 22.1 Å². The lowest BCUT2D eigenvalue weighted by Crippen LogP contribution is -2.47. The number of benzene rings is 3. The van der Waals surface area contributed by atoms with Crippen LogP contribution in [-0.2, 0) is 25.3 Å². The maximum absolute atomic E-state index is 13.2. The molecule has 0 amide bonds. The fourth-order valence-corrected chi connectivity index (χ4v) is 9.02. The van der Waals surface area contributed by atoms with Crippen molar-refractivity contribution < 1.29 is 16.8 Å². The molecule has 0 aliphatic carbocycles. The van der Waals surface area contributed by atoms with Crippen molar-refractivity contribution >= 4 is 19.9 Å². The first-order chi connectivity index (χ1) is 16.7. The molecule has 6 nitrogen and oxygen atoms in total. The van der Waals surface area contributed by atoms with Crippen LogP contribution in [0.4, 0.5) is 0 Å². The summed E-state index contributed by atoms with van der Waals surface area (Å²) in [4.78, 5) is 3.06. The average molecular weight is 511 g/mol. The highest BCUT2D eigenvalue weighted by Crippen LogP contribution is 2.47. The molecule has 1 atom stereocenters. The Morgan fingerprint density at radius 1 is 0.886 bits per heavy atom. The summed E-state index contributed by atoms with van der Waals surface area (Å²) in [6.07, 6.45) is 1.45. The van der Waals surface area contributed by atoms with E-state index >= 15 is 0 Å². The highest BCUT2D eigenvalue weighted by Gasteiger charge is 2.49. The molecule has 0 N–H and O–H groups in total. The van der Waals surface area contributed by atoms with Gasteiger partial charge in [-0.25, -0.2) is 16.8 Å². The summed E-state index contributed by atoms with van der Waals surface area (Å²) in [5.74, 6) is 0.158. The molecule has 3 aromatic carbocycles. The molecule has 0 radical (unpaired) electrons. The molecule has 1 unspecified atom stereocenters. The molecule has 1 spiro atoms. The van der Waals surface area contributed by atoms with Crippen LogP contribution < -0.4 is 0 Å². The van der Waals surface area contributed by atoms with Gasteiger partial charge in [0.25, 0.3) is 0 Å². The third-order valence-electron chi connectivity index (χ3n) is 7.52. The van der Waals surface area contributed by atoms with Gasteiger partial charge in [-0.1, -0.05) is 66.7 Å². The molecule has 35 heavy (non-hydrogen) atoms. The number of hydrogen-bond acceptors (Lipinski definition) is 5. The SMILES string of the molecule is CN(CC(c1ccccc1)N1CCC2(CC1)CS(=O)(=O)c1ccccc12)S(=O)(=O)c1ccccc1. The van der Waals surface area contributed by atoms with Gasteiger partial charge in [-0.05, 0) is 55.3 Å². The molecule has 1 fully saturated rings. The summed E-state index contributed by atoms with van der Waals surface area (Å²) >= 11 is 0. The molecule has 3 aromatic rings. The summed E-state index contributed by atoms with van der Waals surface area (Å²) in [6, 6.07) is 25.7. The molecule has 184 valence electrons. The van der Waals surface area contributed by atoms with Gasteiger partial charge in [-0.2, -0.15) is 4.31 Å². The molecule has 2 heterocycles. The minimum Gasteiger partial charge on any atom is -0.295 e. The first-order valence-electron chi connectivity index (χ1n) is 11.9. The fourth-order valence-electron chi connectivity index (χ4n) is 5.59. The van der Waals surface area contributed by atoms with Crippen LogP contribution in [0.2, 0.25) is 0 Å². The van der Waals surface area contributed by atoms with Crippen LogP contribution in [0.15, 0.2) is 94.7 Å². The maximum Gasteiger partial charge on any atom is 0.242 e. The number of hydrogen-bond donors (Lipinski definition) is 0. The van der Waals surface area contributed by atoms with E-state index in [2.05, 4.69) is 4.90 Å². The Morgan fingerprint density at radius 3 is 2.11 bits per heavy atom. The Bertz CT molecular complexity index is 1400. The quantitative estimate of drug-likeness (QED) is 0.503. The van der Waals surface area contributed by atoms with Gasteiger partial charge in [0, 0.05) is 25.0 Å². The Labute approximate surface area is 208 Å². The Morgan fingerprint density at radius 2 is 1.46 bits per heavy atom. The van der Waals surface area contributed by atoms with Crippen molar-refractivity contribution in [3.8, 4) is 0 Å². The molecule has 2 aliphatic heterocycles. The second-order valence-electron chi connectivity index (χ2n) is 9.60. The summed E-state index contributed by atoms with van der Waals surface area (Å²) in [5.41, 5.74) is 1.63. The fraction of sp³-hybridized carbons (Fsp3) is 0.333. The summed E-state index contributed by atoms with van der Waals surface area (Å²) in [6.45, 7) is 1.70. The van der Waals surface area contributed by atoms with Crippen molar-refractivity contribution in [3.63, 3.8) is 0 Å². The Hall–Kier alpha value is -2.52. The van der Waals surface area contributed by atoms with Crippen LogP contribution >= 0.6 is 0 Å². The molecule has 8 heteroatoms. The minimum absolute atomic E-state index is 0.134. The molecule has 0 bridgehead atoms. The van der Waals surface area contributed by atoms with Gasteiger partial charge in [0.1, 0.15) is 0 Å². The predicted octanol–water partition coefficient (Wildman–Crippen LogP) is 3.87. The number of rotatable bonds is 6. The second kappa shape index (κ2) is 9.17. The number of sulfonamides is 1. The van der Waals surface area contributed by atoms with Gasteiger partial charge in [0.15, 0.2) is 9.84 Å². The molecule has 0 aromatic heterocycles. The van der Waals surface area contributed by atoms with Crippen molar-refractivity contribution in [1.29, 1.82) is 0 Å². The lowest BCUT2D eigenvalue weighted by Gasteiger charge is -2.43. The number of likely N-dealkylation sites (tertiary alicyclic amines) is 1. The van der Waals surface area contributed by atoms with Crippen molar-refractivity contribution in [1.82, 2.24) is 9.21 Å². The Balaban J connectivity index is 1.40. The van der Waals surface area contributed by atoms with E-state index in [4.69, 9.17) is 0 Å². The van der Waals surface area contributed by atoms with Crippen molar-refractivity contribution in [3.05, 3.63) is 96.1 Å². The maximum atomic E-state index is 13.2. The number of nitrogens with zero attached hydrogens (tertiary/aromatic N) is 2. The normalized spacial score (nSPS) is 20.1. The number of likely N-dealkylation sites (N-methyl/N-ethyl adjacent to an activating group) is 1. The highest BCUT2D eigenvalue weighted by molar-refractivity contribution is 7.91. The number of sulfone groups is 1. The number of fused-ring (bicyclic) bond motifs is 2. The van der Waals surface area contributed by atoms with Crippen molar-refractivity contribution in [2.45, 2.75) is 34.1 Å². The molecule has 0 saturated carbocycles. The zero-order valence-electron chi connectivity index (χ0n) is 19.7. The van der Waals surface area contributed by atoms with E-state index in [1.807, 2.05) is 42.5 Å². The molecular formula is C27H30N2O4S2. The lowest BCUT2D eigenvalue weighted by atomic mass is 9.74. The zero-order chi connectivity index (χ0) is 24.7. The summed E-state index contributed by atoms with van der Waals surface area (Å²) in [5, 5.41) is 0. The van der Waals surface area contributed by atoms with Gasteiger partial charge in [-0.15, -0.1) is 0 Å². The highest BCUT2D eigenvalue weighted by atomic mass is 32.2. The minimum atomic E-state index is -3.63. The van der Waals surface area contributed by atoms with Gasteiger partial charge < -0.3 is 0 Å². The first kappa shape index (κ1) is 24.2. The van der Waals surface area contributed by atoms with Gasteiger partial charge in [0.05, 0.1) is 15.5 Å². The van der Waals surface area contributed by atoms with E-state index in [0.717, 1.165) is 24.0 Å². The smallest absolute Gasteiger partial charge is 0.242 e. The van der Waals surface area contributed by atoms with Crippen LogP contribution in [0.3, 0.4) is 0 Å².